The molecule has 3 aliphatic rings. The maximum atomic E-state index is 13.5. The Morgan fingerprint density at radius 2 is 1.87 bits per heavy atom. The third-order valence-corrected chi connectivity index (χ3v) is 11.9. The lowest BCUT2D eigenvalue weighted by Crippen LogP contribution is -2.47. The van der Waals surface area contributed by atoms with E-state index in [2.05, 4.69) is 29.8 Å². The number of carbonyl (C=O) groups is 1. The highest BCUT2D eigenvalue weighted by Gasteiger charge is 2.72. The molecule has 3 fully saturated rings. The maximum absolute atomic E-state index is 13.5. The van der Waals surface area contributed by atoms with Crippen LogP contribution in [0.2, 0.25) is 0 Å². The first kappa shape index (κ1) is 23.2. The van der Waals surface area contributed by atoms with Gasteiger partial charge in [-0.15, -0.1) is 0 Å². The van der Waals surface area contributed by atoms with E-state index in [1.54, 1.807) is 12.1 Å². The van der Waals surface area contributed by atoms with Crippen LogP contribution in [0.3, 0.4) is 0 Å². The van der Waals surface area contributed by atoms with Crippen LogP contribution in [0, 0.1) is 16.7 Å². The highest BCUT2D eigenvalue weighted by atomic mass is 79.9. The Kier molecular flexibility index (Phi) is 5.44. The summed E-state index contributed by atoms with van der Waals surface area (Å²) in [5, 5.41) is 0. The summed E-state index contributed by atoms with van der Waals surface area (Å²) in [6.07, 6.45) is 2.90. The van der Waals surface area contributed by atoms with Gasteiger partial charge in [-0.05, 0) is 48.3 Å². The molecular weight excluding hydrogens is 506 g/mol. The highest BCUT2D eigenvalue weighted by molar-refractivity contribution is 9.10. The predicted octanol–water partition coefficient (Wildman–Crippen LogP) is 2.91. The number of ether oxygens (including phenoxy) is 1. The lowest BCUT2D eigenvalue weighted by molar-refractivity contribution is -0.130. The van der Waals surface area contributed by atoms with Gasteiger partial charge < -0.3 is 4.74 Å². The lowest BCUT2D eigenvalue weighted by Gasteiger charge is -2.37. The van der Waals surface area contributed by atoms with Gasteiger partial charge >= 0.3 is 0 Å². The molecule has 1 spiro atoms. The summed E-state index contributed by atoms with van der Waals surface area (Å²) in [5.74, 6) is -0.0940. The van der Waals surface area contributed by atoms with Crippen LogP contribution < -0.4 is 0 Å². The zero-order valence-electron chi connectivity index (χ0n) is 18.0. The molecule has 1 aromatic carbocycles. The predicted molar refractivity (Wildman–Crippen MR) is 120 cm³/mol. The molecule has 1 aromatic rings. The Labute approximate surface area is 192 Å². The average Bonchev–Trinajstić information content (AvgIpc) is 3.15. The van der Waals surface area contributed by atoms with E-state index in [0.717, 1.165) is 23.4 Å². The monoisotopic (exact) mass is 533 g/mol. The van der Waals surface area contributed by atoms with Crippen LogP contribution in [0.4, 0.5) is 0 Å². The number of halogens is 1. The van der Waals surface area contributed by atoms with Crippen molar-refractivity contribution in [3.05, 3.63) is 29.8 Å². The molecule has 1 amide bonds. The second-order valence-corrected chi connectivity index (χ2v) is 14.5. The van der Waals surface area contributed by atoms with E-state index in [-0.39, 0.29) is 22.1 Å². The van der Waals surface area contributed by atoms with E-state index in [9.17, 15) is 21.6 Å². The summed E-state index contributed by atoms with van der Waals surface area (Å²) in [5.41, 5.74) is 0.0761. The number of sulfonamides is 1. The van der Waals surface area contributed by atoms with Gasteiger partial charge in [0.15, 0.2) is 9.84 Å². The van der Waals surface area contributed by atoms with Crippen molar-refractivity contribution in [1.29, 1.82) is 0 Å². The summed E-state index contributed by atoms with van der Waals surface area (Å²) in [4.78, 5) is 12.8. The lowest BCUT2D eigenvalue weighted by atomic mass is 9.69. The summed E-state index contributed by atoms with van der Waals surface area (Å²) in [6.45, 7) is 4.28. The van der Waals surface area contributed by atoms with E-state index < -0.39 is 42.1 Å². The zero-order valence-corrected chi connectivity index (χ0v) is 21.3. The number of benzene rings is 1. The van der Waals surface area contributed by atoms with Crippen LogP contribution in [-0.2, 0) is 29.4 Å². The number of fused-ring (bicyclic) bond motifs is 1. The molecule has 1 saturated heterocycles. The number of hydrogen-bond donors (Lipinski definition) is 0. The third kappa shape index (κ3) is 3.31. The van der Waals surface area contributed by atoms with Gasteiger partial charge in [0.05, 0.1) is 16.7 Å². The second-order valence-electron chi connectivity index (χ2n) is 9.65. The molecule has 7 nitrogen and oxygen atoms in total. The quantitative estimate of drug-likeness (QED) is 0.539. The molecule has 4 rings (SSSR count). The molecule has 2 bridgehead atoms. The van der Waals surface area contributed by atoms with Gasteiger partial charge in [-0.2, -0.15) is 0 Å². The van der Waals surface area contributed by atoms with Gasteiger partial charge in [-0.3, -0.25) is 4.79 Å². The smallest absolute Gasteiger partial charge is 0.253 e. The minimum atomic E-state index is -3.74. The first-order chi connectivity index (χ1) is 14.3. The molecular formula is C21H28BrNO6S2. The van der Waals surface area contributed by atoms with Crippen molar-refractivity contribution in [2.75, 3.05) is 19.1 Å². The number of nitrogens with zero attached hydrogens (tertiary/aromatic N) is 1. The Hall–Kier alpha value is -0.970. The van der Waals surface area contributed by atoms with Crippen molar-refractivity contribution in [2.24, 2.45) is 16.7 Å². The average molecular weight is 534 g/mol. The molecule has 0 unspecified atom stereocenters. The molecule has 31 heavy (non-hydrogen) atoms. The van der Waals surface area contributed by atoms with Crippen LogP contribution in [-0.4, -0.2) is 57.0 Å². The number of carbonyl (C=O) groups excluding carboxylic acids is 1. The van der Waals surface area contributed by atoms with Gasteiger partial charge in [0.1, 0.15) is 10.9 Å². The molecule has 0 aromatic heterocycles. The molecule has 5 atom stereocenters. The van der Waals surface area contributed by atoms with Crippen LogP contribution in [0.5, 0.6) is 0 Å². The van der Waals surface area contributed by atoms with Gasteiger partial charge in [-0.25, -0.2) is 21.1 Å². The Bertz CT molecular complexity index is 1120. The van der Waals surface area contributed by atoms with Gasteiger partial charge in [0, 0.05) is 18.8 Å². The summed E-state index contributed by atoms with van der Waals surface area (Å²) < 4.78 is 56.5. The van der Waals surface area contributed by atoms with Crippen molar-refractivity contribution >= 4 is 41.7 Å². The first-order valence-electron chi connectivity index (χ1n) is 10.3. The molecule has 2 aliphatic carbocycles. The Morgan fingerprint density at radius 1 is 1.26 bits per heavy atom. The Morgan fingerprint density at radius 3 is 2.39 bits per heavy atom. The molecule has 1 aliphatic heterocycles. The number of rotatable bonds is 5. The Balaban J connectivity index is 1.64. The van der Waals surface area contributed by atoms with Gasteiger partial charge in [-0.1, -0.05) is 41.9 Å². The fraction of sp³-hybridized carbons (Fsp3) is 0.667. The van der Waals surface area contributed by atoms with E-state index in [1.165, 1.54) is 19.2 Å². The molecule has 1 heterocycles. The number of hydrogen-bond acceptors (Lipinski definition) is 6. The third-order valence-electron chi connectivity index (χ3n) is 8.02. The van der Waals surface area contributed by atoms with E-state index in [1.807, 2.05) is 0 Å². The molecule has 10 heteroatoms. The number of alkyl halides is 1. The minimum absolute atomic E-state index is 0.0142. The maximum Gasteiger partial charge on any atom is 0.253 e. The number of methoxy groups -OCH3 is 1. The summed E-state index contributed by atoms with van der Waals surface area (Å²) in [6, 6.07) is 5.78. The van der Waals surface area contributed by atoms with Crippen LogP contribution in [0.15, 0.2) is 29.2 Å². The van der Waals surface area contributed by atoms with E-state index in [4.69, 9.17) is 4.74 Å². The molecule has 2 saturated carbocycles. The van der Waals surface area contributed by atoms with Crippen LogP contribution in [0.25, 0.3) is 0 Å². The highest BCUT2D eigenvalue weighted by Crippen LogP contribution is 2.70. The minimum Gasteiger partial charge on any atom is -0.375 e. The fourth-order valence-corrected chi connectivity index (χ4v) is 10.2. The van der Waals surface area contributed by atoms with E-state index in [0.29, 0.717) is 17.9 Å². The van der Waals surface area contributed by atoms with Gasteiger partial charge in [0.25, 0.3) is 5.91 Å². The number of sulfone groups is 1. The second kappa shape index (κ2) is 7.27. The molecule has 172 valence electrons. The number of amides is 1. The zero-order chi connectivity index (χ0) is 23.0. The molecule has 0 radical (unpaired) electrons. The topological polar surface area (TPSA) is 97.8 Å². The van der Waals surface area contributed by atoms with Gasteiger partial charge in [0.2, 0.25) is 10.0 Å². The molecule has 0 N–H and O–H groups in total. The fourth-order valence-electron chi connectivity index (χ4n) is 6.16. The largest absolute Gasteiger partial charge is 0.375 e. The van der Waals surface area contributed by atoms with Crippen LogP contribution >= 0.6 is 15.9 Å². The van der Waals surface area contributed by atoms with Crippen molar-refractivity contribution in [3.8, 4) is 0 Å². The standard InChI is InChI=1S/C21H28BrNO6S2/c1-20(2)14-9-10-21(20)12-31(27,28)23(16(21)11-14)19(24)17(22)18(29-3)13-5-7-15(8-6-13)30(4,25)26/h5-8,14,16-18H,9-12H2,1-4H3/t14-,16-,17-,18-,21-/m1/s1. The van der Waals surface area contributed by atoms with E-state index >= 15 is 0 Å². The van der Waals surface area contributed by atoms with Crippen LogP contribution in [0.1, 0.15) is 44.8 Å². The summed E-state index contributed by atoms with van der Waals surface area (Å²) >= 11 is 3.40. The normalized spacial score (nSPS) is 32.6. The van der Waals surface area contributed by atoms with Crippen molar-refractivity contribution in [1.82, 2.24) is 4.31 Å². The first-order valence-corrected chi connectivity index (χ1v) is 14.7. The summed E-state index contributed by atoms with van der Waals surface area (Å²) in [7, 11) is -5.65. The van der Waals surface area contributed by atoms with Crippen molar-refractivity contribution in [2.45, 2.75) is 55.0 Å². The van der Waals surface area contributed by atoms with Crippen molar-refractivity contribution < 1.29 is 26.4 Å². The SMILES string of the molecule is CO[C@H](c1ccc(S(C)(=O)=O)cc1)[C@@H](Br)C(=O)N1[C@@H]2C[C@H]3CC[C@]2(CS1(=O)=O)C3(C)C. The van der Waals surface area contributed by atoms with Crippen molar-refractivity contribution in [3.63, 3.8) is 0 Å².